The van der Waals surface area contributed by atoms with Crippen molar-refractivity contribution in [3.63, 3.8) is 0 Å². The van der Waals surface area contributed by atoms with Crippen LogP contribution in [0.25, 0.3) is 5.65 Å². The summed E-state index contributed by atoms with van der Waals surface area (Å²) in [6.07, 6.45) is 4.38. The average Bonchev–Trinajstić information content (AvgIpc) is 2.99. The Hall–Kier alpha value is -2.82. The molecule has 3 aromatic rings. The molecular weight excluding hydrogens is 314 g/mol. The van der Waals surface area contributed by atoms with Gasteiger partial charge in [0.25, 0.3) is 0 Å². The number of nitrogens with zero attached hydrogens (tertiary/aromatic N) is 2. The van der Waals surface area contributed by atoms with E-state index in [9.17, 15) is 4.79 Å². The fourth-order valence-electron chi connectivity index (χ4n) is 3.54. The van der Waals surface area contributed by atoms with Gasteiger partial charge in [-0.25, -0.2) is 4.98 Å². The second-order valence-electron chi connectivity index (χ2n) is 6.57. The number of fused-ring (bicyclic) bond motifs is 3. The Balaban J connectivity index is 1.57. The molecule has 128 valence electrons. The first-order valence-corrected chi connectivity index (χ1v) is 8.56. The number of carbonyl (C=O) groups is 1. The number of carbonyl (C=O) groups excluding carboxylic acids is 1. The van der Waals surface area contributed by atoms with Gasteiger partial charge in [0.15, 0.2) is 0 Å². The lowest BCUT2D eigenvalue weighted by Crippen LogP contribution is -2.28. The molecule has 0 saturated heterocycles. The zero-order valence-corrected chi connectivity index (χ0v) is 14.5. The van der Waals surface area contributed by atoms with Gasteiger partial charge in [0.1, 0.15) is 11.4 Å². The molecule has 5 heteroatoms. The summed E-state index contributed by atoms with van der Waals surface area (Å²) in [5.74, 6) is 0.670. The molecule has 0 radical (unpaired) electrons. The minimum absolute atomic E-state index is 0.0421. The Kier molecular flexibility index (Phi) is 3.92. The molecule has 5 nitrogen and oxygen atoms in total. The Bertz CT molecular complexity index is 945. The van der Waals surface area contributed by atoms with Crippen LogP contribution in [0.15, 0.2) is 42.6 Å². The molecule has 1 aliphatic rings. The highest BCUT2D eigenvalue weighted by Crippen LogP contribution is 2.30. The summed E-state index contributed by atoms with van der Waals surface area (Å²) in [5.41, 5.74) is 5.04. The SMILES string of the molecule is COc1ccc(C)cc1NC(=O)C1CCc2nc3ccccn3c2C1. The van der Waals surface area contributed by atoms with Crippen LogP contribution in [0, 0.1) is 12.8 Å². The van der Waals surface area contributed by atoms with Crippen LogP contribution < -0.4 is 10.1 Å². The lowest BCUT2D eigenvalue weighted by atomic mass is 9.89. The average molecular weight is 335 g/mol. The normalized spacial score (nSPS) is 16.5. The van der Waals surface area contributed by atoms with E-state index in [1.54, 1.807) is 7.11 Å². The lowest BCUT2D eigenvalue weighted by Gasteiger charge is -2.22. The molecule has 1 amide bonds. The number of imidazole rings is 1. The second-order valence-corrected chi connectivity index (χ2v) is 6.57. The molecular formula is C20H21N3O2. The van der Waals surface area contributed by atoms with E-state index in [1.165, 1.54) is 0 Å². The third-order valence-corrected chi connectivity index (χ3v) is 4.86. The van der Waals surface area contributed by atoms with E-state index in [0.717, 1.165) is 41.1 Å². The number of hydrogen-bond acceptors (Lipinski definition) is 3. The molecule has 0 saturated carbocycles. The van der Waals surface area contributed by atoms with Crippen LogP contribution in [0.4, 0.5) is 5.69 Å². The van der Waals surface area contributed by atoms with Gasteiger partial charge in [-0.15, -0.1) is 0 Å². The highest BCUT2D eigenvalue weighted by molar-refractivity contribution is 5.94. The van der Waals surface area contributed by atoms with Gasteiger partial charge >= 0.3 is 0 Å². The van der Waals surface area contributed by atoms with Crippen LogP contribution in [0.1, 0.15) is 23.4 Å². The molecule has 25 heavy (non-hydrogen) atoms. The quantitative estimate of drug-likeness (QED) is 0.798. The van der Waals surface area contributed by atoms with E-state index < -0.39 is 0 Å². The summed E-state index contributed by atoms with van der Waals surface area (Å²) < 4.78 is 7.46. The van der Waals surface area contributed by atoms with Gasteiger partial charge in [-0.3, -0.25) is 4.79 Å². The van der Waals surface area contributed by atoms with Crippen molar-refractivity contribution in [2.75, 3.05) is 12.4 Å². The zero-order valence-electron chi connectivity index (χ0n) is 14.5. The van der Waals surface area contributed by atoms with Crippen LogP contribution >= 0.6 is 0 Å². The Morgan fingerprint density at radius 1 is 1.32 bits per heavy atom. The maximum absolute atomic E-state index is 12.8. The summed E-state index contributed by atoms with van der Waals surface area (Å²) in [6.45, 7) is 2.00. The number of aryl methyl sites for hydroxylation is 2. The van der Waals surface area contributed by atoms with Crippen LogP contribution in [-0.4, -0.2) is 22.4 Å². The number of pyridine rings is 1. The molecule has 1 atom stereocenters. The number of hydrogen-bond donors (Lipinski definition) is 1. The van der Waals surface area contributed by atoms with Crippen LogP contribution in [0.2, 0.25) is 0 Å². The molecule has 2 aromatic heterocycles. The molecule has 4 rings (SSSR count). The van der Waals surface area contributed by atoms with E-state index in [2.05, 4.69) is 14.7 Å². The zero-order chi connectivity index (χ0) is 17.4. The number of anilines is 1. The summed E-state index contributed by atoms with van der Waals surface area (Å²) in [6, 6.07) is 11.8. The van der Waals surface area contributed by atoms with Gasteiger partial charge in [0.05, 0.1) is 18.5 Å². The van der Waals surface area contributed by atoms with E-state index in [1.807, 2.05) is 49.5 Å². The van der Waals surface area contributed by atoms with Gasteiger partial charge in [-0.1, -0.05) is 12.1 Å². The van der Waals surface area contributed by atoms with Crippen LogP contribution in [0.3, 0.4) is 0 Å². The molecule has 2 heterocycles. The Labute approximate surface area is 146 Å². The van der Waals surface area contributed by atoms with E-state index >= 15 is 0 Å². The van der Waals surface area contributed by atoms with Gasteiger partial charge in [0.2, 0.25) is 5.91 Å². The molecule has 1 unspecified atom stereocenters. The van der Waals surface area contributed by atoms with Crippen molar-refractivity contribution >= 4 is 17.2 Å². The fraction of sp³-hybridized carbons (Fsp3) is 0.300. The van der Waals surface area contributed by atoms with E-state index in [0.29, 0.717) is 12.2 Å². The van der Waals surface area contributed by atoms with Gasteiger partial charge in [-0.2, -0.15) is 0 Å². The molecule has 0 spiro atoms. The first-order chi connectivity index (χ1) is 12.2. The Morgan fingerprint density at radius 2 is 2.20 bits per heavy atom. The third kappa shape index (κ3) is 2.86. The van der Waals surface area contributed by atoms with Crippen molar-refractivity contribution in [1.29, 1.82) is 0 Å². The van der Waals surface area contributed by atoms with Crippen molar-refractivity contribution in [2.24, 2.45) is 5.92 Å². The maximum atomic E-state index is 12.8. The Morgan fingerprint density at radius 3 is 3.04 bits per heavy atom. The number of aromatic nitrogens is 2. The standard InChI is InChI=1S/C20H21N3O2/c1-13-6-9-18(25-2)16(11-13)22-20(24)14-7-8-15-17(12-14)23-10-4-3-5-19(23)21-15/h3-6,9-11,14H,7-8,12H2,1-2H3,(H,22,24). The van der Waals surface area contributed by atoms with E-state index in [4.69, 9.17) is 4.74 Å². The number of benzene rings is 1. The monoisotopic (exact) mass is 335 g/mol. The lowest BCUT2D eigenvalue weighted by molar-refractivity contribution is -0.120. The number of rotatable bonds is 3. The smallest absolute Gasteiger partial charge is 0.227 e. The second kappa shape index (κ2) is 6.24. The molecule has 0 aliphatic heterocycles. The topological polar surface area (TPSA) is 55.6 Å². The molecule has 0 bridgehead atoms. The van der Waals surface area contributed by atoms with Crippen LogP contribution in [0.5, 0.6) is 5.75 Å². The number of methoxy groups -OCH3 is 1. The first kappa shape index (κ1) is 15.7. The van der Waals surface area contributed by atoms with Crippen molar-refractivity contribution in [3.05, 3.63) is 59.5 Å². The first-order valence-electron chi connectivity index (χ1n) is 8.56. The van der Waals surface area contributed by atoms with Crippen molar-refractivity contribution in [3.8, 4) is 5.75 Å². The highest BCUT2D eigenvalue weighted by atomic mass is 16.5. The summed E-state index contributed by atoms with van der Waals surface area (Å²) in [4.78, 5) is 17.5. The van der Waals surface area contributed by atoms with Gasteiger partial charge in [0, 0.05) is 24.2 Å². The molecule has 0 fully saturated rings. The van der Waals surface area contributed by atoms with Gasteiger partial charge in [-0.05, 0) is 49.6 Å². The predicted octanol–water partition coefficient (Wildman–Crippen LogP) is 3.39. The predicted molar refractivity (Wildman–Crippen MR) is 97.1 cm³/mol. The third-order valence-electron chi connectivity index (χ3n) is 4.86. The van der Waals surface area contributed by atoms with Crippen LogP contribution in [-0.2, 0) is 17.6 Å². The van der Waals surface area contributed by atoms with Gasteiger partial charge < -0.3 is 14.5 Å². The molecule has 1 N–H and O–H groups in total. The van der Waals surface area contributed by atoms with Crippen molar-refractivity contribution in [1.82, 2.24) is 9.38 Å². The minimum atomic E-state index is -0.0576. The maximum Gasteiger partial charge on any atom is 0.227 e. The highest BCUT2D eigenvalue weighted by Gasteiger charge is 2.28. The summed E-state index contributed by atoms with van der Waals surface area (Å²) in [7, 11) is 1.62. The molecule has 1 aliphatic carbocycles. The summed E-state index contributed by atoms with van der Waals surface area (Å²) in [5, 5.41) is 3.05. The number of nitrogens with one attached hydrogen (secondary N) is 1. The van der Waals surface area contributed by atoms with Crippen molar-refractivity contribution < 1.29 is 9.53 Å². The van der Waals surface area contributed by atoms with Crippen molar-refractivity contribution in [2.45, 2.75) is 26.2 Å². The fourth-order valence-corrected chi connectivity index (χ4v) is 3.54. The molecule has 1 aromatic carbocycles. The van der Waals surface area contributed by atoms with E-state index in [-0.39, 0.29) is 11.8 Å². The summed E-state index contributed by atoms with van der Waals surface area (Å²) >= 11 is 0. The minimum Gasteiger partial charge on any atom is -0.495 e. The number of amides is 1. The largest absolute Gasteiger partial charge is 0.495 e. The number of ether oxygens (including phenoxy) is 1.